The summed E-state index contributed by atoms with van der Waals surface area (Å²) >= 11 is 0. The van der Waals surface area contributed by atoms with Crippen LogP contribution in [0.1, 0.15) is 105 Å². The van der Waals surface area contributed by atoms with Crippen LogP contribution in [0.4, 0.5) is 11.5 Å². The number of aryl methyl sites for hydroxylation is 2. The second kappa shape index (κ2) is 34.4. The number of aromatic nitrogens is 4. The van der Waals surface area contributed by atoms with E-state index in [0.717, 1.165) is 35.1 Å². The molecule has 538 valence electrons. The summed E-state index contributed by atoms with van der Waals surface area (Å²) in [5, 5.41) is 13.3. The molecule has 2 aromatic carbocycles. The minimum atomic E-state index is -5.83. The summed E-state index contributed by atoms with van der Waals surface area (Å²) in [5.74, 6) is 4.71. The van der Waals surface area contributed by atoms with Gasteiger partial charge in [0.2, 0.25) is 5.91 Å². The normalized spacial score (nSPS) is 18.1. The van der Waals surface area contributed by atoms with Crippen molar-refractivity contribution in [3.05, 3.63) is 127 Å². The van der Waals surface area contributed by atoms with Crippen molar-refractivity contribution in [1.29, 1.82) is 0 Å². The number of benzene rings is 2. The SMILES string of the molecule is Cc1cc(-c2cc3cc4c(cc3oc2=O)N(CCCC(=O)CCCNC(=O)c2cccc(OCC(N=[N+]=[N-])OCCOCC(=O)NCC#Cc3cn([C@H]5C[C@@H](OCN=[N+]=[N-])[C@@H](COP(=O)(O)OP(=O)(O)OP(=O)(O)O)O5)c5ncnc(N)c35)c2)C(C)(C)CC4C)cc[n+]1CCCS(=O)(=O)[O-]. The molecule has 6 heterocycles. The van der Waals surface area contributed by atoms with Gasteiger partial charge in [-0.05, 0) is 86.0 Å². The van der Waals surface area contributed by atoms with Crippen molar-refractivity contribution >= 4 is 84.7 Å². The Balaban J connectivity index is 0.739. The molecule has 0 aliphatic carbocycles. The molecule has 2 amide bonds. The van der Waals surface area contributed by atoms with Gasteiger partial charge in [0.1, 0.15) is 73.7 Å². The van der Waals surface area contributed by atoms with Crippen LogP contribution in [0.25, 0.3) is 54.0 Å². The van der Waals surface area contributed by atoms with Gasteiger partial charge in [0.15, 0.2) is 18.1 Å². The molecule has 1 saturated heterocycles. The zero-order chi connectivity index (χ0) is 72.6. The largest absolute Gasteiger partial charge is 0.748 e. The third kappa shape index (κ3) is 22.4. The topological polar surface area (TPSA) is 530 Å². The highest BCUT2D eigenvalue weighted by molar-refractivity contribution is 7.85. The number of fused-ring (bicyclic) bond motifs is 3. The number of ketones is 1. The number of anilines is 2. The Morgan fingerprint density at radius 2 is 1.78 bits per heavy atom. The van der Waals surface area contributed by atoms with Crippen molar-refractivity contribution in [2.24, 2.45) is 10.2 Å². The number of phosphoric ester groups is 1. The Morgan fingerprint density at radius 1 is 1.00 bits per heavy atom. The summed E-state index contributed by atoms with van der Waals surface area (Å²) in [6, 6.07) is 15.6. The van der Waals surface area contributed by atoms with E-state index < -0.39 is 101 Å². The quantitative estimate of drug-likeness (QED) is 0.00255. The molecule has 0 spiro atoms. The van der Waals surface area contributed by atoms with E-state index in [-0.39, 0.29) is 103 Å². The summed E-state index contributed by atoms with van der Waals surface area (Å²) < 4.78 is 119. The first-order chi connectivity index (χ1) is 47.3. The maximum Gasteiger partial charge on any atom is 0.490 e. The van der Waals surface area contributed by atoms with Gasteiger partial charge in [-0.25, -0.2) is 41.4 Å². The van der Waals surface area contributed by atoms with Crippen LogP contribution in [0.5, 0.6) is 5.75 Å². The number of carbonyl (C=O) groups excluding carboxylic acids is 3. The lowest BCUT2D eigenvalue weighted by atomic mass is 9.79. The van der Waals surface area contributed by atoms with E-state index in [0.29, 0.717) is 49.1 Å². The standard InChI is InChI=1S/C59H73N14O23P3S/c1-37-30-59(3,4)73(47-28-48-42(26-45(37)47)27-46(58(77)94-48)39-15-20-71(38(2)24-39)18-9-23-100(85,86)87)19-8-13-43(74)12-7-17-64-57(76)40-10-5-14-44(25-40)90-34-52(68-70-62)89-22-21-88-33-51(75)63-16-6-11-41-31-72(56-54(41)55(60)65-35-66-56)53-29-49(91-36-67-69-61)50(93-53)32-92-98(81,82)96-99(83,84)95-97(78,79)80/h5,10,14-15,20,24-28,31,35,37,49-50,52-53H,7-9,12-13,16-19,21-23,29-30,32-34,36H2,1-4H3,(H8-,60,63,64,65,66,75,76,78,79,80,81,82,83,84,85,86,87)/t37?,49-,50-,52?,53-/m1/s1. The number of nitrogens with zero attached hydrogens (tertiary/aromatic N) is 11. The Bertz CT molecular complexity index is 4500. The molecule has 7 atom stereocenters. The smallest absolute Gasteiger partial charge is 0.490 e. The van der Waals surface area contributed by atoms with Crippen LogP contribution in [-0.2, 0) is 72.0 Å². The fourth-order valence-electron chi connectivity index (χ4n) is 11.4. The predicted octanol–water partition coefficient (Wildman–Crippen LogP) is 6.47. The van der Waals surface area contributed by atoms with Crippen LogP contribution in [0.3, 0.4) is 0 Å². The molecule has 0 radical (unpaired) electrons. The number of carbonyl (C=O) groups is 3. The summed E-state index contributed by atoms with van der Waals surface area (Å²) in [4.78, 5) is 106. The van der Waals surface area contributed by atoms with Crippen molar-refractivity contribution in [3.63, 3.8) is 0 Å². The van der Waals surface area contributed by atoms with Gasteiger partial charge < -0.3 is 78.1 Å². The average molecular weight is 1470 g/mol. The summed E-state index contributed by atoms with van der Waals surface area (Å²) in [5.41, 5.74) is 28.3. The molecule has 0 saturated carbocycles. The number of amides is 2. The molecule has 1 fully saturated rings. The summed E-state index contributed by atoms with van der Waals surface area (Å²) in [6.07, 6.45) is 2.36. The second-order valence-corrected chi connectivity index (χ2v) is 29.5. The van der Waals surface area contributed by atoms with E-state index >= 15 is 0 Å². The lowest BCUT2D eigenvalue weighted by molar-refractivity contribution is -0.702. The highest BCUT2D eigenvalue weighted by Crippen LogP contribution is 2.66. The van der Waals surface area contributed by atoms with Gasteiger partial charge in [-0.1, -0.05) is 35.1 Å². The number of nitrogens with two attached hydrogens (primary N) is 1. The minimum Gasteiger partial charge on any atom is -0.748 e. The van der Waals surface area contributed by atoms with Crippen molar-refractivity contribution < 1.29 is 106 Å². The lowest BCUT2D eigenvalue weighted by Crippen LogP contribution is -2.48. The highest BCUT2D eigenvalue weighted by Gasteiger charge is 2.44. The van der Waals surface area contributed by atoms with Crippen LogP contribution in [0.2, 0.25) is 0 Å². The minimum absolute atomic E-state index is 0.00194. The highest BCUT2D eigenvalue weighted by atomic mass is 32.2. The van der Waals surface area contributed by atoms with Gasteiger partial charge in [0, 0.05) is 113 Å². The number of ether oxygens (including phenoxy) is 5. The molecule has 2 aliphatic rings. The van der Waals surface area contributed by atoms with Crippen LogP contribution < -0.4 is 36.2 Å². The lowest BCUT2D eigenvalue weighted by Gasteiger charge is -2.47. The number of azide groups is 2. The predicted molar refractivity (Wildman–Crippen MR) is 353 cm³/mol. The zero-order valence-corrected chi connectivity index (χ0v) is 57.8. The molecule has 8 N–H and O–H groups in total. The molecule has 6 aromatic rings. The number of pyridine rings is 1. The summed E-state index contributed by atoms with van der Waals surface area (Å²) in [7, 11) is -21.4. The number of hydrogen-bond donors (Lipinski definition) is 7. The first kappa shape index (κ1) is 77.5. The molecule has 0 bridgehead atoms. The van der Waals surface area contributed by atoms with E-state index in [9.17, 15) is 61.2 Å². The van der Waals surface area contributed by atoms with Crippen molar-refractivity contribution in [3.8, 4) is 28.7 Å². The third-order valence-electron chi connectivity index (χ3n) is 15.7. The fourth-order valence-corrected chi connectivity index (χ4v) is 14.9. The molecule has 4 unspecified atom stereocenters. The van der Waals surface area contributed by atoms with Gasteiger partial charge in [0.05, 0.1) is 59.1 Å². The van der Waals surface area contributed by atoms with E-state index in [1.807, 2.05) is 29.7 Å². The van der Waals surface area contributed by atoms with Crippen LogP contribution in [0, 0.1) is 18.8 Å². The third-order valence-corrected chi connectivity index (χ3v) is 20.3. The first-order valence-corrected chi connectivity index (χ1v) is 36.9. The fraction of sp³-hybridized carbons (Fsp3) is 0.475. The van der Waals surface area contributed by atoms with Gasteiger partial charge >= 0.3 is 29.1 Å². The molecule has 37 nitrogen and oxygen atoms in total. The van der Waals surface area contributed by atoms with Crippen LogP contribution in [0.15, 0.2) is 92.8 Å². The summed E-state index contributed by atoms with van der Waals surface area (Å²) in [6.45, 7) is 6.90. The second-order valence-electron chi connectivity index (χ2n) is 23.6. The van der Waals surface area contributed by atoms with Gasteiger partial charge in [0.25, 0.3) is 5.91 Å². The van der Waals surface area contributed by atoms with Crippen LogP contribution in [-0.4, -0.2) is 154 Å². The van der Waals surface area contributed by atoms with E-state index in [1.54, 1.807) is 30.5 Å². The van der Waals surface area contributed by atoms with E-state index in [1.165, 1.54) is 16.8 Å². The number of hydrogen-bond acceptors (Lipinski definition) is 25. The number of Topliss-reactive ketones (excluding diaryl/α,β-unsaturated/α-hetero) is 1. The number of nitrogens with one attached hydrogen (secondary N) is 2. The van der Waals surface area contributed by atoms with Gasteiger partial charge in [-0.2, -0.15) is 8.62 Å². The first-order valence-electron chi connectivity index (χ1n) is 30.8. The Kier molecular flexibility index (Phi) is 26.7. The van der Waals surface area contributed by atoms with Crippen molar-refractivity contribution in [1.82, 2.24) is 25.2 Å². The monoisotopic (exact) mass is 1470 g/mol. The Hall–Kier alpha value is -8.23. The van der Waals surface area contributed by atoms with E-state index in [4.69, 9.17) is 53.7 Å². The van der Waals surface area contributed by atoms with Gasteiger partial charge in [-0.15, -0.1) is 0 Å². The van der Waals surface area contributed by atoms with Crippen LogP contribution >= 0.6 is 23.5 Å². The molecule has 4 aromatic heterocycles. The number of rotatable bonds is 36. The number of nitrogen functional groups attached to an aromatic ring is 1. The van der Waals surface area contributed by atoms with Gasteiger partial charge in [-0.3, -0.25) is 18.9 Å². The van der Waals surface area contributed by atoms with Crippen molar-refractivity contribution in [2.75, 3.05) is 75.8 Å². The molecule has 2 aliphatic heterocycles. The maximum atomic E-state index is 13.5. The average Bonchev–Trinajstić information content (AvgIpc) is 0.982. The molecule has 41 heteroatoms. The number of phosphoric acid groups is 3. The molecular weight excluding hydrogens is 1400 g/mol. The molecule has 100 heavy (non-hydrogen) atoms. The molecule has 8 rings (SSSR count). The Labute approximate surface area is 571 Å². The van der Waals surface area contributed by atoms with Crippen molar-refractivity contribution in [2.45, 2.75) is 115 Å². The van der Waals surface area contributed by atoms with E-state index in [2.05, 4.69) is 92.9 Å². The molecular formula is C59H73N14O23P3S. The zero-order valence-electron chi connectivity index (χ0n) is 54.3. The maximum absolute atomic E-state index is 13.5. The Morgan fingerprint density at radius 3 is 2.52 bits per heavy atom.